The Kier molecular flexibility index (Phi) is 8.23. The van der Waals surface area contributed by atoms with Gasteiger partial charge in [0.2, 0.25) is 0 Å². The maximum Gasteiger partial charge on any atom is 0.305 e. The average Bonchev–Trinajstić information content (AvgIpc) is 2.76. The molecule has 0 spiro atoms. The molecule has 0 aromatic rings. The highest BCUT2D eigenvalue weighted by molar-refractivity contribution is 5.69. The molecule has 134 valence electrons. The number of aliphatic hydroxyl groups is 3. The van der Waals surface area contributed by atoms with Gasteiger partial charge in [0, 0.05) is 18.8 Å². The number of hydrogen-bond donors (Lipinski definition) is 3. The van der Waals surface area contributed by atoms with E-state index in [2.05, 4.69) is 11.7 Å². The van der Waals surface area contributed by atoms with E-state index in [-0.39, 0.29) is 24.2 Å². The van der Waals surface area contributed by atoms with E-state index in [1.165, 1.54) is 7.11 Å². The van der Waals surface area contributed by atoms with Crippen LogP contribution in [-0.4, -0.2) is 46.2 Å². The standard InChI is InChI=1S/C18H32O5/c1-4-5-6-10-18(2,22)11-9-14-13(7-8-17(21)23-3)15(19)12-16(14)20/h9,11,13-16,19-20,22H,4-8,10,12H2,1-3H3/b11-9+/t13-,14-,15+,16-,18?/m1/s1. The Balaban J connectivity index is 2.65. The minimum Gasteiger partial charge on any atom is -0.469 e. The van der Waals surface area contributed by atoms with Crippen molar-refractivity contribution < 1.29 is 24.9 Å². The Morgan fingerprint density at radius 1 is 1.30 bits per heavy atom. The van der Waals surface area contributed by atoms with E-state index in [4.69, 9.17) is 0 Å². The van der Waals surface area contributed by atoms with Crippen molar-refractivity contribution in [3.8, 4) is 0 Å². The van der Waals surface area contributed by atoms with Crippen LogP contribution in [0, 0.1) is 11.8 Å². The van der Waals surface area contributed by atoms with Gasteiger partial charge in [0.1, 0.15) is 0 Å². The molecule has 0 aromatic heterocycles. The van der Waals surface area contributed by atoms with Gasteiger partial charge in [-0.05, 0) is 25.7 Å². The van der Waals surface area contributed by atoms with Crippen molar-refractivity contribution in [1.29, 1.82) is 0 Å². The minimum atomic E-state index is -0.907. The number of aliphatic hydroxyl groups excluding tert-OH is 2. The topological polar surface area (TPSA) is 87.0 Å². The Hall–Kier alpha value is -0.910. The Bertz CT molecular complexity index is 391. The van der Waals surface area contributed by atoms with Crippen molar-refractivity contribution in [2.75, 3.05) is 7.11 Å². The molecule has 1 saturated carbocycles. The summed E-state index contributed by atoms with van der Waals surface area (Å²) in [6.07, 6.45) is 7.09. The Morgan fingerprint density at radius 2 is 2.00 bits per heavy atom. The summed E-state index contributed by atoms with van der Waals surface area (Å²) in [7, 11) is 1.34. The highest BCUT2D eigenvalue weighted by Gasteiger charge is 2.40. The lowest BCUT2D eigenvalue weighted by molar-refractivity contribution is -0.141. The minimum absolute atomic E-state index is 0.188. The maximum atomic E-state index is 11.3. The maximum absolute atomic E-state index is 11.3. The summed E-state index contributed by atoms with van der Waals surface area (Å²) < 4.78 is 4.64. The lowest BCUT2D eigenvalue weighted by Crippen LogP contribution is -2.25. The number of carbonyl (C=O) groups excluding carboxylic acids is 1. The number of carbonyl (C=O) groups is 1. The summed E-state index contributed by atoms with van der Waals surface area (Å²) in [5.74, 6) is -0.744. The predicted molar refractivity (Wildman–Crippen MR) is 88.8 cm³/mol. The van der Waals surface area contributed by atoms with Crippen molar-refractivity contribution in [2.24, 2.45) is 11.8 Å². The molecule has 3 N–H and O–H groups in total. The molecule has 5 nitrogen and oxygen atoms in total. The average molecular weight is 328 g/mol. The second kappa shape index (κ2) is 9.40. The number of unbranched alkanes of at least 4 members (excludes halogenated alkanes) is 2. The van der Waals surface area contributed by atoms with Crippen LogP contribution < -0.4 is 0 Å². The normalized spacial score (nSPS) is 30.5. The molecule has 1 unspecified atom stereocenters. The van der Waals surface area contributed by atoms with E-state index < -0.39 is 17.8 Å². The number of ether oxygens (including phenoxy) is 1. The number of rotatable bonds is 9. The third-order valence-corrected chi connectivity index (χ3v) is 4.79. The second-order valence-electron chi connectivity index (χ2n) is 6.90. The first-order valence-electron chi connectivity index (χ1n) is 8.65. The molecule has 1 fully saturated rings. The van der Waals surface area contributed by atoms with Crippen molar-refractivity contribution in [2.45, 2.75) is 76.6 Å². The van der Waals surface area contributed by atoms with Gasteiger partial charge in [0.25, 0.3) is 0 Å². The first kappa shape index (κ1) is 20.1. The smallest absolute Gasteiger partial charge is 0.305 e. The van der Waals surface area contributed by atoms with Crippen molar-refractivity contribution in [3.05, 3.63) is 12.2 Å². The summed E-state index contributed by atoms with van der Waals surface area (Å²) >= 11 is 0. The zero-order chi connectivity index (χ0) is 17.5. The lowest BCUT2D eigenvalue weighted by Gasteiger charge is -2.23. The van der Waals surface area contributed by atoms with E-state index in [1.54, 1.807) is 13.0 Å². The third kappa shape index (κ3) is 6.61. The van der Waals surface area contributed by atoms with Gasteiger partial charge in [-0.2, -0.15) is 0 Å². The molecule has 23 heavy (non-hydrogen) atoms. The van der Waals surface area contributed by atoms with Crippen LogP contribution in [0.25, 0.3) is 0 Å². The number of hydrogen-bond acceptors (Lipinski definition) is 5. The molecule has 0 heterocycles. The number of esters is 1. The first-order chi connectivity index (χ1) is 10.8. The molecule has 0 bridgehead atoms. The van der Waals surface area contributed by atoms with Gasteiger partial charge in [0.05, 0.1) is 24.9 Å². The Labute approximate surface area is 139 Å². The molecule has 5 atom stereocenters. The predicted octanol–water partition coefficient (Wildman–Crippen LogP) is 2.19. The van der Waals surface area contributed by atoms with Crippen LogP contribution >= 0.6 is 0 Å². The number of methoxy groups -OCH3 is 1. The summed E-state index contributed by atoms with van der Waals surface area (Å²) in [6.45, 7) is 3.88. The van der Waals surface area contributed by atoms with Crippen molar-refractivity contribution >= 4 is 5.97 Å². The van der Waals surface area contributed by atoms with Crippen LogP contribution in [0.3, 0.4) is 0 Å². The molecule has 0 aliphatic heterocycles. The zero-order valence-electron chi connectivity index (χ0n) is 14.6. The van der Waals surface area contributed by atoms with Gasteiger partial charge in [-0.1, -0.05) is 38.3 Å². The highest BCUT2D eigenvalue weighted by atomic mass is 16.5. The summed E-state index contributed by atoms with van der Waals surface area (Å²) in [5, 5.41) is 30.7. The van der Waals surface area contributed by atoms with Crippen LogP contribution in [0.1, 0.15) is 58.8 Å². The lowest BCUT2D eigenvalue weighted by atomic mass is 9.87. The van der Waals surface area contributed by atoms with Gasteiger partial charge in [0.15, 0.2) is 0 Å². The molecular weight excluding hydrogens is 296 g/mol. The van der Waals surface area contributed by atoms with Crippen LogP contribution in [0.2, 0.25) is 0 Å². The largest absolute Gasteiger partial charge is 0.469 e. The second-order valence-corrected chi connectivity index (χ2v) is 6.90. The quantitative estimate of drug-likeness (QED) is 0.343. The molecule has 0 amide bonds. The fourth-order valence-electron chi connectivity index (χ4n) is 3.30. The van der Waals surface area contributed by atoms with Gasteiger partial charge >= 0.3 is 5.97 Å². The van der Waals surface area contributed by atoms with E-state index >= 15 is 0 Å². The van der Waals surface area contributed by atoms with E-state index in [0.717, 1.165) is 19.3 Å². The van der Waals surface area contributed by atoms with E-state index in [9.17, 15) is 20.1 Å². The summed E-state index contributed by atoms with van der Waals surface area (Å²) in [4.78, 5) is 11.3. The molecule has 0 radical (unpaired) electrons. The monoisotopic (exact) mass is 328 g/mol. The van der Waals surface area contributed by atoms with Gasteiger partial charge < -0.3 is 20.1 Å². The summed E-state index contributed by atoms with van der Waals surface area (Å²) in [5.41, 5.74) is -0.907. The van der Waals surface area contributed by atoms with Crippen LogP contribution in [0.5, 0.6) is 0 Å². The van der Waals surface area contributed by atoms with Crippen molar-refractivity contribution in [1.82, 2.24) is 0 Å². The molecule has 1 aliphatic carbocycles. The van der Waals surface area contributed by atoms with E-state index in [1.807, 2.05) is 6.08 Å². The fourth-order valence-corrected chi connectivity index (χ4v) is 3.30. The molecule has 0 aromatic carbocycles. The van der Waals surface area contributed by atoms with Crippen molar-refractivity contribution in [3.63, 3.8) is 0 Å². The van der Waals surface area contributed by atoms with Gasteiger partial charge in [-0.3, -0.25) is 4.79 Å². The fraction of sp³-hybridized carbons (Fsp3) is 0.833. The molecule has 0 saturated heterocycles. The van der Waals surface area contributed by atoms with E-state index in [0.29, 0.717) is 19.3 Å². The Morgan fingerprint density at radius 3 is 2.61 bits per heavy atom. The summed E-state index contributed by atoms with van der Waals surface area (Å²) in [6, 6.07) is 0. The SMILES string of the molecule is CCCCCC(C)(O)/C=C/[C@@H]1[C@@H](CCC(=O)OC)[C@@H](O)C[C@H]1O. The molecule has 5 heteroatoms. The van der Waals surface area contributed by atoms with Gasteiger partial charge in [-0.15, -0.1) is 0 Å². The molecular formula is C18H32O5. The van der Waals surface area contributed by atoms with Crippen LogP contribution in [0.15, 0.2) is 12.2 Å². The van der Waals surface area contributed by atoms with Gasteiger partial charge in [-0.25, -0.2) is 0 Å². The first-order valence-corrected chi connectivity index (χ1v) is 8.65. The highest BCUT2D eigenvalue weighted by Crippen LogP contribution is 2.37. The molecule has 1 aliphatic rings. The van der Waals surface area contributed by atoms with Crippen LogP contribution in [0.4, 0.5) is 0 Å². The van der Waals surface area contributed by atoms with Crippen LogP contribution in [-0.2, 0) is 9.53 Å². The third-order valence-electron chi connectivity index (χ3n) is 4.79. The molecule has 1 rings (SSSR count). The zero-order valence-corrected chi connectivity index (χ0v) is 14.6.